The molecule has 0 amide bonds. The fourth-order valence-electron chi connectivity index (χ4n) is 6.08. The molecule has 8 nitrogen and oxygen atoms in total. The van der Waals surface area contributed by atoms with Gasteiger partial charge in [0, 0.05) is 49.1 Å². The monoisotopic (exact) mass is 500 g/mol. The first-order valence-electron chi connectivity index (χ1n) is 12.9. The molecule has 3 atom stereocenters. The van der Waals surface area contributed by atoms with Gasteiger partial charge in [0.05, 0.1) is 12.1 Å². The number of piperidine rings is 1. The normalized spacial score (nSPS) is 24.6. The molecule has 1 saturated heterocycles. The molecule has 6 rings (SSSR count). The maximum absolute atomic E-state index is 13.7. The third-order valence-electron chi connectivity index (χ3n) is 8.14. The quantitative estimate of drug-likeness (QED) is 0.483. The molecule has 1 saturated carbocycles. The molecular formula is C28H33FN8. The van der Waals surface area contributed by atoms with E-state index in [1.165, 1.54) is 17.7 Å². The number of nitrogens with one attached hydrogen (secondary N) is 2. The minimum absolute atomic E-state index is 0.0943. The number of rotatable bonds is 5. The summed E-state index contributed by atoms with van der Waals surface area (Å²) in [4.78, 5) is 23.2. The largest absolute Gasteiger partial charge is 0.373 e. The maximum Gasteiger partial charge on any atom is 0.227 e. The van der Waals surface area contributed by atoms with Crippen molar-refractivity contribution in [3.05, 3.63) is 65.4 Å². The van der Waals surface area contributed by atoms with Crippen molar-refractivity contribution in [3.63, 3.8) is 0 Å². The molecule has 1 aromatic carbocycles. The van der Waals surface area contributed by atoms with Gasteiger partial charge in [-0.1, -0.05) is 19.9 Å². The fourth-order valence-corrected chi connectivity index (χ4v) is 6.08. The van der Waals surface area contributed by atoms with Gasteiger partial charge in [-0.15, -0.1) is 0 Å². The van der Waals surface area contributed by atoms with Crippen LogP contribution < -0.4 is 20.4 Å². The number of anilines is 5. The molecular weight excluding hydrogens is 467 g/mol. The molecule has 37 heavy (non-hydrogen) atoms. The van der Waals surface area contributed by atoms with Crippen LogP contribution in [0, 0.1) is 18.7 Å². The molecule has 2 aliphatic heterocycles. The minimum atomic E-state index is -0.243. The van der Waals surface area contributed by atoms with Gasteiger partial charge in [0.15, 0.2) is 0 Å². The number of nitrogens with zero attached hydrogens (tertiary/aromatic N) is 6. The summed E-state index contributed by atoms with van der Waals surface area (Å²) in [5, 5.41) is 6.97. The minimum Gasteiger partial charge on any atom is -0.373 e. The van der Waals surface area contributed by atoms with Crippen molar-refractivity contribution < 1.29 is 4.39 Å². The number of halogens is 1. The first-order valence-corrected chi connectivity index (χ1v) is 12.9. The Balaban J connectivity index is 1.31. The Labute approximate surface area is 217 Å². The van der Waals surface area contributed by atoms with Crippen LogP contribution in [0.2, 0.25) is 0 Å². The summed E-state index contributed by atoms with van der Waals surface area (Å²) >= 11 is 0. The number of aryl methyl sites for hydroxylation is 1. The lowest BCUT2D eigenvalue weighted by atomic mass is 9.62. The maximum atomic E-state index is 13.7. The zero-order valence-electron chi connectivity index (χ0n) is 22.0. The second kappa shape index (κ2) is 8.68. The van der Waals surface area contributed by atoms with Crippen LogP contribution in [-0.4, -0.2) is 52.2 Å². The van der Waals surface area contributed by atoms with Crippen molar-refractivity contribution >= 4 is 29.1 Å². The van der Waals surface area contributed by atoms with E-state index in [1.54, 1.807) is 6.33 Å². The molecule has 3 aromatic rings. The molecule has 2 N–H and O–H groups in total. The molecule has 3 unspecified atom stereocenters. The van der Waals surface area contributed by atoms with Gasteiger partial charge in [-0.25, -0.2) is 14.4 Å². The summed E-state index contributed by atoms with van der Waals surface area (Å²) in [6, 6.07) is 9.20. The van der Waals surface area contributed by atoms with Gasteiger partial charge in [0.25, 0.3) is 0 Å². The highest BCUT2D eigenvalue weighted by atomic mass is 19.1. The van der Waals surface area contributed by atoms with E-state index in [1.807, 2.05) is 32.2 Å². The Morgan fingerprint density at radius 3 is 2.62 bits per heavy atom. The van der Waals surface area contributed by atoms with Crippen LogP contribution in [0.4, 0.5) is 33.5 Å². The summed E-state index contributed by atoms with van der Waals surface area (Å²) in [7, 11) is 1.91. The first-order chi connectivity index (χ1) is 17.8. The molecule has 9 heteroatoms. The van der Waals surface area contributed by atoms with E-state index >= 15 is 0 Å². The van der Waals surface area contributed by atoms with Crippen LogP contribution in [0.25, 0.3) is 0 Å². The predicted octanol–water partition coefficient (Wildman–Crippen LogP) is 4.82. The van der Waals surface area contributed by atoms with E-state index in [2.05, 4.69) is 57.2 Å². The van der Waals surface area contributed by atoms with Crippen LogP contribution in [0.15, 0.2) is 48.3 Å². The van der Waals surface area contributed by atoms with Gasteiger partial charge in [0.2, 0.25) is 5.95 Å². The Kier molecular flexibility index (Phi) is 5.54. The topological polar surface area (TPSA) is 82.1 Å². The zero-order chi connectivity index (χ0) is 25.9. The molecule has 0 radical (unpaired) electrons. The van der Waals surface area contributed by atoms with Crippen LogP contribution in [-0.2, 0) is 5.41 Å². The van der Waals surface area contributed by atoms with Gasteiger partial charge in [-0.05, 0) is 55.5 Å². The molecule has 0 bridgehead atoms. The van der Waals surface area contributed by atoms with Gasteiger partial charge in [-0.3, -0.25) is 0 Å². The predicted molar refractivity (Wildman–Crippen MR) is 145 cm³/mol. The molecule has 2 fully saturated rings. The summed E-state index contributed by atoms with van der Waals surface area (Å²) in [5.41, 5.74) is 4.22. The van der Waals surface area contributed by atoms with Crippen molar-refractivity contribution in [2.45, 2.75) is 51.6 Å². The Hall–Kier alpha value is -3.75. The zero-order valence-corrected chi connectivity index (χ0v) is 22.0. The third kappa shape index (κ3) is 3.79. The van der Waals surface area contributed by atoms with Crippen LogP contribution in [0.3, 0.4) is 0 Å². The van der Waals surface area contributed by atoms with Gasteiger partial charge >= 0.3 is 0 Å². The lowest BCUT2D eigenvalue weighted by Crippen LogP contribution is -2.73. The van der Waals surface area contributed by atoms with E-state index in [0.717, 1.165) is 53.9 Å². The van der Waals surface area contributed by atoms with Gasteiger partial charge in [0.1, 0.15) is 29.6 Å². The number of hydrogen-bond donors (Lipinski definition) is 2. The number of allylic oxidation sites excluding steroid dienone is 1. The van der Waals surface area contributed by atoms with Gasteiger partial charge in [-0.2, -0.15) is 9.97 Å². The van der Waals surface area contributed by atoms with Crippen molar-refractivity contribution in [1.29, 1.82) is 0 Å². The average molecular weight is 501 g/mol. The third-order valence-corrected chi connectivity index (χ3v) is 8.14. The lowest BCUT2D eigenvalue weighted by molar-refractivity contribution is 0.214. The van der Waals surface area contributed by atoms with Crippen molar-refractivity contribution in [2.24, 2.45) is 5.92 Å². The summed E-state index contributed by atoms with van der Waals surface area (Å²) in [6.45, 7) is 10.3. The van der Waals surface area contributed by atoms with E-state index in [9.17, 15) is 4.39 Å². The molecule has 0 spiro atoms. The van der Waals surface area contributed by atoms with Crippen molar-refractivity contribution in [2.75, 3.05) is 40.6 Å². The highest BCUT2D eigenvalue weighted by Gasteiger charge is 2.57. The first kappa shape index (κ1) is 23.6. The average Bonchev–Trinajstić information content (AvgIpc) is 2.86. The van der Waals surface area contributed by atoms with E-state index in [-0.39, 0.29) is 17.3 Å². The number of fused-ring (bicyclic) bond motifs is 2. The molecule has 4 heterocycles. The van der Waals surface area contributed by atoms with Crippen LogP contribution in [0.5, 0.6) is 0 Å². The smallest absolute Gasteiger partial charge is 0.227 e. The second-order valence-corrected chi connectivity index (χ2v) is 10.8. The second-order valence-electron chi connectivity index (χ2n) is 10.8. The van der Waals surface area contributed by atoms with E-state index in [0.29, 0.717) is 17.9 Å². The highest BCUT2D eigenvalue weighted by molar-refractivity contribution is 5.73. The van der Waals surface area contributed by atoms with E-state index < -0.39 is 0 Å². The van der Waals surface area contributed by atoms with Crippen molar-refractivity contribution in [1.82, 2.24) is 19.9 Å². The lowest BCUT2D eigenvalue weighted by Gasteiger charge is -2.62. The Bertz CT molecular complexity index is 1370. The fraction of sp³-hybridized carbons (Fsp3) is 0.429. The Morgan fingerprint density at radius 2 is 1.92 bits per heavy atom. The highest BCUT2D eigenvalue weighted by Crippen LogP contribution is 2.50. The summed E-state index contributed by atoms with van der Waals surface area (Å²) in [6.07, 6.45) is 4.77. The summed E-state index contributed by atoms with van der Waals surface area (Å²) in [5.74, 6) is 3.50. The number of aromatic nitrogens is 4. The van der Waals surface area contributed by atoms with Crippen LogP contribution >= 0.6 is 0 Å². The van der Waals surface area contributed by atoms with Gasteiger partial charge < -0.3 is 20.4 Å². The van der Waals surface area contributed by atoms with Crippen LogP contribution in [0.1, 0.15) is 38.4 Å². The number of hydrogen-bond acceptors (Lipinski definition) is 8. The summed E-state index contributed by atoms with van der Waals surface area (Å²) < 4.78 is 13.7. The SMILES string of the molecule is C/C=C1/C(Nc2nc(NC)c3c(n2)N(c2ccc(F)cc2)CCC3(C)C)C2CN(c3cc(C)ncn3)C12. The van der Waals surface area contributed by atoms with Crippen molar-refractivity contribution in [3.8, 4) is 0 Å². The molecule has 192 valence electrons. The number of benzene rings is 1. The molecule has 3 aliphatic rings. The molecule has 1 aliphatic carbocycles. The molecule has 2 aromatic heterocycles. The standard InChI is InChI=1S/C28H33FN8/c1-6-19-23(20-14-37(24(19)20)21-13-16(2)31-15-32-21)33-27-34-25(30-5)22-26(35-27)36(12-11-28(22,3)4)18-9-7-17(29)8-10-18/h6-10,13,15,20,23-24H,11-12,14H2,1-5H3,(H2,30,33,34,35)/b19-6-. The Morgan fingerprint density at radius 1 is 1.14 bits per heavy atom. The van der Waals surface area contributed by atoms with E-state index in [4.69, 9.17) is 9.97 Å².